The number of rotatable bonds is 7. The summed E-state index contributed by atoms with van der Waals surface area (Å²) in [5.41, 5.74) is 0. The van der Waals surface area contributed by atoms with Gasteiger partial charge >= 0.3 is 5.97 Å². The number of nitrogens with zero attached hydrogens (tertiary/aromatic N) is 4. The third kappa shape index (κ3) is 4.16. The van der Waals surface area contributed by atoms with Crippen molar-refractivity contribution in [3.63, 3.8) is 0 Å². The molecule has 1 aliphatic rings. The van der Waals surface area contributed by atoms with Crippen LogP contribution >= 0.6 is 11.3 Å². The van der Waals surface area contributed by atoms with Crippen LogP contribution in [0.4, 0.5) is 5.13 Å². The second-order valence-electron chi connectivity index (χ2n) is 5.54. The molecule has 22 heavy (non-hydrogen) atoms. The highest BCUT2D eigenvalue weighted by atomic mass is 32.1. The van der Waals surface area contributed by atoms with Crippen LogP contribution in [0.5, 0.6) is 0 Å². The lowest BCUT2D eigenvalue weighted by Gasteiger charge is -2.25. The van der Waals surface area contributed by atoms with E-state index in [1.165, 1.54) is 11.3 Å². The third-order valence-corrected chi connectivity index (χ3v) is 4.86. The van der Waals surface area contributed by atoms with Crippen molar-refractivity contribution in [3.8, 4) is 0 Å². The number of carbonyl (C=O) groups excluding carboxylic acids is 1. The van der Waals surface area contributed by atoms with E-state index in [2.05, 4.69) is 10.2 Å². The maximum atomic E-state index is 12.4. The zero-order valence-corrected chi connectivity index (χ0v) is 13.8. The molecule has 1 N–H and O–H groups in total. The van der Waals surface area contributed by atoms with Crippen LogP contribution in [0.15, 0.2) is 0 Å². The summed E-state index contributed by atoms with van der Waals surface area (Å²) < 4.78 is 0. The van der Waals surface area contributed by atoms with Gasteiger partial charge in [0.2, 0.25) is 11.0 Å². The highest BCUT2D eigenvalue weighted by molar-refractivity contribution is 7.15. The third-order valence-electron chi connectivity index (χ3n) is 3.73. The number of aromatic nitrogens is 2. The van der Waals surface area contributed by atoms with Crippen LogP contribution in [0.25, 0.3) is 0 Å². The van der Waals surface area contributed by atoms with E-state index in [-0.39, 0.29) is 19.0 Å². The molecule has 1 unspecified atom stereocenters. The lowest BCUT2D eigenvalue weighted by molar-refractivity contribution is -0.141. The number of aryl methyl sites for hydroxylation is 1. The molecule has 0 bridgehead atoms. The Morgan fingerprint density at radius 3 is 2.59 bits per heavy atom. The fraction of sp³-hybridized carbons (Fsp3) is 0.714. The van der Waals surface area contributed by atoms with Gasteiger partial charge in [0.1, 0.15) is 5.01 Å². The number of carbonyl (C=O) groups is 2. The second kappa shape index (κ2) is 7.53. The molecular formula is C14H22N4O3S. The monoisotopic (exact) mass is 326 g/mol. The molecule has 2 rings (SSSR count). The molecule has 1 fully saturated rings. The summed E-state index contributed by atoms with van der Waals surface area (Å²) in [5, 5.41) is 18.8. The summed E-state index contributed by atoms with van der Waals surface area (Å²) >= 11 is 1.42. The van der Waals surface area contributed by atoms with E-state index in [4.69, 9.17) is 5.11 Å². The maximum Gasteiger partial charge on any atom is 0.308 e. The Labute approximate surface area is 133 Å². The van der Waals surface area contributed by atoms with Crippen LogP contribution in [0, 0.1) is 5.92 Å². The fourth-order valence-electron chi connectivity index (χ4n) is 2.36. The Bertz CT molecular complexity index is 528. The average molecular weight is 326 g/mol. The standard InChI is InChI=1S/C14H22N4O3S/c1-3-11-15-16-14(22-11)18(8-10(2)13(20)21)9-12(19)17-6-4-5-7-17/h10H,3-9H2,1-2H3,(H,20,21). The molecule has 122 valence electrons. The Morgan fingerprint density at radius 1 is 1.36 bits per heavy atom. The lowest BCUT2D eigenvalue weighted by atomic mass is 10.2. The van der Waals surface area contributed by atoms with Crippen molar-refractivity contribution >= 4 is 28.3 Å². The Hall–Kier alpha value is -1.70. The molecular weight excluding hydrogens is 304 g/mol. The Kier molecular flexibility index (Phi) is 5.70. The summed E-state index contributed by atoms with van der Waals surface area (Å²) in [6.07, 6.45) is 2.85. The molecule has 1 atom stereocenters. The molecule has 7 nitrogen and oxygen atoms in total. The van der Waals surface area contributed by atoms with Crippen LogP contribution in [-0.4, -0.2) is 58.3 Å². The fourth-order valence-corrected chi connectivity index (χ4v) is 3.15. The van der Waals surface area contributed by atoms with Gasteiger partial charge in [-0.2, -0.15) is 0 Å². The van der Waals surface area contributed by atoms with E-state index < -0.39 is 11.9 Å². The summed E-state index contributed by atoms with van der Waals surface area (Å²) in [4.78, 5) is 27.0. The second-order valence-corrected chi connectivity index (χ2v) is 6.58. The maximum absolute atomic E-state index is 12.4. The number of anilines is 1. The predicted octanol–water partition coefficient (Wildman–Crippen LogP) is 1.25. The summed E-state index contributed by atoms with van der Waals surface area (Å²) in [6, 6.07) is 0. The number of amides is 1. The largest absolute Gasteiger partial charge is 0.481 e. The molecule has 1 aromatic heterocycles. The van der Waals surface area contributed by atoms with Crippen LogP contribution in [0.2, 0.25) is 0 Å². The number of aliphatic carboxylic acids is 1. The molecule has 0 spiro atoms. The summed E-state index contributed by atoms with van der Waals surface area (Å²) in [5.74, 6) is -1.41. The molecule has 1 aromatic rings. The minimum absolute atomic E-state index is 0.0309. The zero-order chi connectivity index (χ0) is 16.1. The van der Waals surface area contributed by atoms with E-state index in [9.17, 15) is 9.59 Å². The van der Waals surface area contributed by atoms with Crippen molar-refractivity contribution in [2.75, 3.05) is 31.1 Å². The first kappa shape index (κ1) is 16.7. The molecule has 8 heteroatoms. The minimum Gasteiger partial charge on any atom is -0.481 e. The summed E-state index contributed by atoms with van der Waals surface area (Å²) in [7, 11) is 0. The van der Waals surface area contributed by atoms with Gasteiger partial charge in [-0.05, 0) is 19.3 Å². The zero-order valence-electron chi connectivity index (χ0n) is 13.0. The first-order valence-electron chi connectivity index (χ1n) is 7.59. The van der Waals surface area contributed by atoms with Crippen LogP contribution in [0.3, 0.4) is 0 Å². The quantitative estimate of drug-likeness (QED) is 0.811. The number of carboxylic acid groups (broad SMARTS) is 1. The van der Waals surface area contributed by atoms with E-state index in [1.54, 1.807) is 11.8 Å². The van der Waals surface area contributed by atoms with Gasteiger partial charge in [-0.1, -0.05) is 25.2 Å². The van der Waals surface area contributed by atoms with Crippen molar-refractivity contribution in [3.05, 3.63) is 5.01 Å². The SMILES string of the molecule is CCc1nnc(N(CC(=O)N2CCCC2)CC(C)C(=O)O)s1. The molecule has 0 saturated carbocycles. The van der Waals surface area contributed by atoms with E-state index >= 15 is 0 Å². The van der Waals surface area contributed by atoms with Gasteiger partial charge in [-0.15, -0.1) is 10.2 Å². The molecule has 0 aromatic carbocycles. The molecule has 0 radical (unpaired) electrons. The summed E-state index contributed by atoms with van der Waals surface area (Å²) in [6.45, 7) is 5.62. The van der Waals surface area contributed by atoms with Gasteiger partial charge in [0.15, 0.2) is 0 Å². The van der Waals surface area contributed by atoms with Gasteiger partial charge in [0, 0.05) is 19.6 Å². The highest BCUT2D eigenvalue weighted by Gasteiger charge is 2.25. The number of carboxylic acids is 1. The number of hydrogen-bond acceptors (Lipinski definition) is 6. The first-order valence-corrected chi connectivity index (χ1v) is 8.40. The molecule has 2 heterocycles. The predicted molar refractivity (Wildman–Crippen MR) is 84.1 cm³/mol. The molecule has 1 aliphatic heterocycles. The topological polar surface area (TPSA) is 86.6 Å². The number of hydrogen-bond donors (Lipinski definition) is 1. The van der Waals surface area contributed by atoms with Crippen molar-refractivity contribution in [1.82, 2.24) is 15.1 Å². The van der Waals surface area contributed by atoms with E-state index in [0.717, 1.165) is 37.4 Å². The van der Waals surface area contributed by atoms with Crippen LogP contribution < -0.4 is 4.90 Å². The highest BCUT2D eigenvalue weighted by Crippen LogP contribution is 2.22. The Morgan fingerprint density at radius 2 is 2.05 bits per heavy atom. The smallest absolute Gasteiger partial charge is 0.308 e. The Balaban J connectivity index is 2.09. The van der Waals surface area contributed by atoms with Gasteiger partial charge < -0.3 is 14.9 Å². The van der Waals surface area contributed by atoms with Crippen molar-refractivity contribution < 1.29 is 14.7 Å². The molecule has 1 amide bonds. The van der Waals surface area contributed by atoms with E-state index in [0.29, 0.717) is 5.13 Å². The van der Waals surface area contributed by atoms with Crippen molar-refractivity contribution in [2.45, 2.75) is 33.1 Å². The molecule has 0 aliphatic carbocycles. The van der Waals surface area contributed by atoms with Crippen molar-refractivity contribution in [1.29, 1.82) is 0 Å². The van der Waals surface area contributed by atoms with Gasteiger partial charge in [0.25, 0.3) is 0 Å². The van der Waals surface area contributed by atoms with Gasteiger partial charge in [-0.25, -0.2) is 0 Å². The lowest BCUT2D eigenvalue weighted by Crippen LogP contribution is -2.41. The van der Waals surface area contributed by atoms with Crippen LogP contribution in [-0.2, 0) is 16.0 Å². The van der Waals surface area contributed by atoms with Gasteiger partial charge in [0.05, 0.1) is 12.5 Å². The minimum atomic E-state index is -0.876. The normalized spacial score (nSPS) is 15.8. The van der Waals surface area contributed by atoms with Gasteiger partial charge in [-0.3, -0.25) is 9.59 Å². The number of likely N-dealkylation sites (tertiary alicyclic amines) is 1. The average Bonchev–Trinajstić information content (AvgIpc) is 3.17. The first-order chi connectivity index (χ1) is 10.5. The van der Waals surface area contributed by atoms with Crippen LogP contribution in [0.1, 0.15) is 31.7 Å². The molecule has 1 saturated heterocycles. The van der Waals surface area contributed by atoms with Crippen molar-refractivity contribution in [2.24, 2.45) is 5.92 Å². The van der Waals surface area contributed by atoms with E-state index in [1.807, 2.05) is 11.8 Å².